The van der Waals surface area contributed by atoms with Gasteiger partial charge in [0.25, 0.3) is 0 Å². The van der Waals surface area contributed by atoms with Gasteiger partial charge in [0.1, 0.15) is 0 Å². The van der Waals surface area contributed by atoms with E-state index in [0.717, 1.165) is 13.2 Å². The van der Waals surface area contributed by atoms with Crippen LogP contribution in [0.15, 0.2) is 44.2 Å². The molecule has 16 heavy (non-hydrogen) atoms. The molecule has 0 saturated carbocycles. The molecule has 1 aliphatic heterocycles. The summed E-state index contributed by atoms with van der Waals surface area (Å²) in [6, 6.07) is 0. The van der Waals surface area contributed by atoms with E-state index in [0.29, 0.717) is 0 Å². The molecule has 0 unspecified atom stereocenters. The molecule has 0 amide bonds. The second-order valence-corrected chi connectivity index (χ2v) is 6.49. The maximum absolute atomic E-state index is 4.94. The second kappa shape index (κ2) is 7.06. The van der Waals surface area contributed by atoms with Crippen LogP contribution in [-0.4, -0.2) is 13.2 Å². The quantitative estimate of drug-likeness (QED) is 0.681. The molecular weight excluding hydrogens is 232 g/mol. The molecule has 84 valence electrons. The molecule has 0 N–H and O–H groups in total. The van der Waals surface area contributed by atoms with Crippen molar-refractivity contribution < 1.29 is 23.9 Å². The van der Waals surface area contributed by atoms with E-state index in [9.17, 15) is 0 Å². The summed E-state index contributed by atoms with van der Waals surface area (Å²) in [5.74, 6) is 0. The first-order valence-corrected chi connectivity index (χ1v) is 7.57. The van der Waals surface area contributed by atoms with E-state index in [4.69, 9.17) is 4.74 Å². The molecule has 0 aromatic heterocycles. The normalized spacial score (nSPS) is 21.5. The zero-order valence-electron chi connectivity index (χ0n) is 9.61. The monoisotopic (exact) mass is 250 g/mol. The summed E-state index contributed by atoms with van der Waals surface area (Å²) >= 11 is 0.0833. The van der Waals surface area contributed by atoms with E-state index >= 15 is 0 Å². The Balaban J connectivity index is 0.000000162. The van der Waals surface area contributed by atoms with Gasteiger partial charge in [-0.3, -0.25) is 0 Å². The van der Waals surface area contributed by atoms with Gasteiger partial charge >= 0.3 is 76.2 Å². The Kier molecular flexibility index (Phi) is 5.34. The molecule has 1 saturated heterocycles. The smallest absolute Gasteiger partial charge is 0.0466 e. The van der Waals surface area contributed by atoms with Gasteiger partial charge in [0.05, 0.1) is 0 Å². The van der Waals surface area contributed by atoms with E-state index in [1.54, 1.807) is 7.76 Å². The minimum absolute atomic E-state index is 0.0833. The van der Waals surface area contributed by atoms with Crippen LogP contribution in [-0.2, 0) is 23.9 Å². The molecular formula is C14H18OTi. The molecule has 2 aliphatic carbocycles. The van der Waals surface area contributed by atoms with Gasteiger partial charge in [0.15, 0.2) is 0 Å². The summed E-state index contributed by atoms with van der Waals surface area (Å²) in [5, 5.41) is 0. The van der Waals surface area contributed by atoms with Crippen LogP contribution in [0.5, 0.6) is 0 Å². The Labute approximate surface area is 107 Å². The molecule has 0 aromatic carbocycles. The Hall–Kier alpha value is -0.366. The fourth-order valence-electron chi connectivity index (χ4n) is 1.80. The molecule has 3 rings (SSSR count). The SMILES string of the molecule is C1=CC[C]([Ti][C]2=CC=CC2)=C1.C1CCOC1. The van der Waals surface area contributed by atoms with Crippen molar-refractivity contribution >= 4 is 0 Å². The van der Waals surface area contributed by atoms with Crippen molar-refractivity contribution in [3.63, 3.8) is 0 Å². The van der Waals surface area contributed by atoms with E-state index in [1.165, 1.54) is 25.7 Å². The molecule has 1 nitrogen and oxygen atoms in total. The average molecular weight is 250 g/mol. The van der Waals surface area contributed by atoms with E-state index in [1.807, 2.05) is 0 Å². The summed E-state index contributed by atoms with van der Waals surface area (Å²) < 4.78 is 8.31. The first-order chi connectivity index (χ1) is 7.95. The molecule has 2 heteroatoms. The van der Waals surface area contributed by atoms with Gasteiger partial charge < -0.3 is 4.74 Å². The van der Waals surface area contributed by atoms with Crippen molar-refractivity contribution in [3.8, 4) is 0 Å². The molecule has 0 radical (unpaired) electrons. The van der Waals surface area contributed by atoms with Gasteiger partial charge in [-0.05, 0) is 12.8 Å². The van der Waals surface area contributed by atoms with Crippen LogP contribution in [0.1, 0.15) is 25.7 Å². The Morgan fingerprint density at radius 1 is 0.875 bits per heavy atom. The van der Waals surface area contributed by atoms with Gasteiger partial charge in [-0.1, -0.05) is 0 Å². The molecule has 3 aliphatic rings. The summed E-state index contributed by atoms with van der Waals surface area (Å²) in [6.45, 7) is 2.00. The standard InChI is InChI=1S/2C5H5.C4H8O.Ti/c3*1-2-4-5-3-1;/h2*1-3H,4H2;1-4H2;. The van der Waals surface area contributed by atoms with Crippen molar-refractivity contribution in [3.05, 3.63) is 44.2 Å². The van der Waals surface area contributed by atoms with Gasteiger partial charge in [0, 0.05) is 13.2 Å². The fraction of sp³-hybridized carbons (Fsp3) is 0.429. The van der Waals surface area contributed by atoms with Crippen LogP contribution in [0, 0.1) is 0 Å². The molecule has 1 heterocycles. The van der Waals surface area contributed by atoms with Gasteiger partial charge in [-0.2, -0.15) is 0 Å². The van der Waals surface area contributed by atoms with E-state index in [-0.39, 0.29) is 19.2 Å². The Morgan fingerprint density at radius 3 is 1.75 bits per heavy atom. The van der Waals surface area contributed by atoms with Crippen LogP contribution in [0.4, 0.5) is 0 Å². The molecule has 0 atom stereocenters. The number of allylic oxidation sites excluding steroid dienone is 8. The largest absolute Gasteiger partial charge is 0.381 e. The minimum Gasteiger partial charge on any atom is -0.381 e. The predicted molar refractivity (Wildman–Crippen MR) is 63.7 cm³/mol. The van der Waals surface area contributed by atoms with Crippen LogP contribution in [0.3, 0.4) is 0 Å². The number of hydrogen-bond donors (Lipinski definition) is 0. The first kappa shape index (κ1) is 12.1. The molecule has 1 fully saturated rings. The van der Waals surface area contributed by atoms with Crippen molar-refractivity contribution in [2.45, 2.75) is 25.7 Å². The number of hydrogen-bond acceptors (Lipinski definition) is 1. The maximum atomic E-state index is 4.94. The predicted octanol–water partition coefficient (Wildman–Crippen LogP) is 3.55. The average Bonchev–Trinajstić information content (AvgIpc) is 3.05. The third-order valence-electron chi connectivity index (χ3n) is 2.69. The van der Waals surface area contributed by atoms with Crippen molar-refractivity contribution in [1.82, 2.24) is 0 Å². The number of ether oxygens (including phenoxy) is 1. The van der Waals surface area contributed by atoms with Crippen molar-refractivity contribution in [2.75, 3.05) is 13.2 Å². The maximum Gasteiger partial charge on any atom is 0.0466 e. The van der Waals surface area contributed by atoms with E-state index in [2.05, 4.69) is 36.5 Å². The van der Waals surface area contributed by atoms with E-state index < -0.39 is 0 Å². The van der Waals surface area contributed by atoms with Gasteiger partial charge in [0.2, 0.25) is 0 Å². The van der Waals surface area contributed by atoms with Crippen LogP contribution >= 0.6 is 0 Å². The topological polar surface area (TPSA) is 9.23 Å². The van der Waals surface area contributed by atoms with Crippen LogP contribution in [0.2, 0.25) is 0 Å². The van der Waals surface area contributed by atoms with Gasteiger partial charge in [-0.25, -0.2) is 0 Å². The summed E-state index contributed by atoms with van der Waals surface area (Å²) in [7, 11) is 0. The molecule has 0 aromatic rings. The fourth-order valence-corrected chi connectivity index (χ4v) is 3.69. The Morgan fingerprint density at radius 2 is 1.44 bits per heavy atom. The third kappa shape index (κ3) is 4.25. The summed E-state index contributed by atoms with van der Waals surface area (Å²) in [4.78, 5) is 0. The zero-order valence-corrected chi connectivity index (χ0v) is 11.2. The third-order valence-corrected chi connectivity index (χ3v) is 4.85. The van der Waals surface area contributed by atoms with Crippen LogP contribution in [0.25, 0.3) is 0 Å². The first-order valence-electron chi connectivity index (χ1n) is 6.01. The summed E-state index contributed by atoms with van der Waals surface area (Å²) in [6.07, 6.45) is 18.4. The molecule has 0 bridgehead atoms. The van der Waals surface area contributed by atoms with Crippen molar-refractivity contribution in [1.29, 1.82) is 0 Å². The molecule has 0 spiro atoms. The summed E-state index contributed by atoms with van der Waals surface area (Å²) in [5.41, 5.74) is 0. The number of rotatable bonds is 2. The Bertz CT molecular complexity index is 297. The van der Waals surface area contributed by atoms with Crippen molar-refractivity contribution in [2.24, 2.45) is 0 Å². The minimum atomic E-state index is 0.0833. The second-order valence-electron chi connectivity index (χ2n) is 4.09. The van der Waals surface area contributed by atoms with Crippen LogP contribution < -0.4 is 0 Å². The zero-order chi connectivity index (χ0) is 11.1. The van der Waals surface area contributed by atoms with Gasteiger partial charge in [-0.15, -0.1) is 0 Å².